The van der Waals surface area contributed by atoms with Gasteiger partial charge < -0.3 is 9.80 Å². The molecule has 0 aliphatic carbocycles. The van der Waals surface area contributed by atoms with Crippen LogP contribution >= 0.6 is 0 Å². The van der Waals surface area contributed by atoms with E-state index in [1.807, 2.05) is 36.1 Å². The molecule has 0 N–H and O–H groups in total. The van der Waals surface area contributed by atoms with E-state index >= 15 is 0 Å². The highest BCUT2D eigenvalue weighted by atomic mass is 16.2. The lowest BCUT2D eigenvalue weighted by atomic mass is 9.94. The van der Waals surface area contributed by atoms with E-state index in [0.29, 0.717) is 19.0 Å². The molecule has 0 aromatic heterocycles. The first-order valence-corrected chi connectivity index (χ1v) is 9.30. The molecule has 1 aromatic carbocycles. The highest BCUT2D eigenvalue weighted by Gasteiger charge is 2.30. The number of rotatable bonds is 2. The SMILES string of the molecule is Cc1ccc(C(=O)N2CCC(C(=O)N3CCCCCC3)CC2)cc1. The molecule has 0 unspecified atom stereocenters. The minimum atomic E-state index is 0.0932. The summed E-state index contributed by atoms with van der Waals surface area (Å²) in [5, 5.41) is 0. The van der Waals surface area contributed by atoms with Gasteiger partial charge in [0.2, 0.25) is 5.91 Å². The van der Waals surface area contributed by atoms with Gasteiger partial charge in [0.1, 0.15) is 0 Å². The van der Waals surface area contributed by atoms with E-state index in [4.69, 9.17) is 0 Å². The number of carbonyl (C=O) groups excluding carboxylic acids is 2. The van der Waals surface area contributed by atoms with Crippen LogP contribution in [-0.2, 0) is 4.79 Å². The van der Waals surface area contributed by atoms with Crippen molar-refractivity contribution < 1.29 is 9.59 Å². The van der Waals surface area contributed by atoms with Gasteiger partial charge in [-0.25, -0.2) is 0 Å². The van der Waals surface area contributed by atoms with Crippen molar-refractivity contribution in [3.05, 3.63) is 35.4 Å². The van der Waals surface area contributed by atoms with Crippen LogP contribution in [0.3, 0.4) is 0 Å². The van der Waals surface area contributed by atoms with E-state index in [-0.39, 0.29) is 11.8 Å². The number of hydrogen-bond acceptors (Lipinski definition) is 2. The van der Waals surface area contributed by atoms with Gasteiger partial charge in [-0.15, -0.1) is 0 Å². The third-order valence-corrected chi connectivity index (χ3v) is 5.35. The van der Waals surface area contributed by atoms with Gasteiger partial charge in [0, 0.05) is 37.7 Å². The van der Waals surface area contributed by atoms with Crippen molar-refractivity contribution in [3.8, 4) is 0 Å². The fourth-order valence-corrected chi connectivity index (χ4v) is 3.76. The van der Waals surface area contributed by atoms with Gasteiger partial charge in [0.15, 0.2) is 0 Å². The fraction of sp³-hybridized carbons (Fsp3) is 0.600. The fourth-order valence-electron chi connectivity index (χ4n) is 3.76. The Kier molecular flexibility index (Phi) is 5.54. The standard InChI is InChI=1S/C20H28N2O2/c1-16-6-8-17(9-7-16)19(23)22-14-10-18(11-15-22)20(24)21-12-4-2-3-5-13-21/h6-9,18H,2-5,10-15H2,1H3. The molecule has 0 bridgehead atoms. The molecule has 130 valence electrons. The van der Waals surface area contributed by atoms with Crippen molar-refractivity contribution >= 4 is 11.8 Å². The number of likely N-dealkylation sites (tertiary alicyclic amines) is 2. The molecule has 4 heteroatoms. The van der Waals surface area contributed by atoms with Crippen LogP contribution < -0.4 is 0 Å². The molecule has 0 atom stereocenters. The number of nitrogens with zero attached hydrogens (tertiary/aromatic N) is 2. The lowest BCUT2D eigenvalue weighted by Gasteiger charge is -2.34. The summed E-state index contributed by atoms with van der Waals surface area (Å²) in [5.74, 6) is 0.514. The first-order chi connectivity index (χ1) is 11.6. The molecule has 3 rings (SSSR count). The first-order valence-electron chi connectivity index (χ1n) is 9.30. The minimum Gasteiger partial charge on any atom is -0.342 e. The smallest absolute Gasteiger partial charge is 0.253 e. The van der Waals surface area contributed by atoms with Gasteiger partial charge in [-0.05, 0) is 44.7 Å². The van der Waals surface area contributed by atoms with Gasteiger partial charge in [0.25, 0.3) is 5.91 Å². The number of piperidine rings is 1. The Labute approximate surface area is 144 Å². The average molecular weight is 328 g/mol. The monoisotopic (exact) mass is 328 g/mol. The molecule has 2 amide bonds. The van der Waals surface area contributed by atoms with E-state index in [1.54, 1.807) is 0 Å². The topological polar surface area (TPSA) is 40.6 Å². The third-order valence-electron chi connectivity index (χ3n) is 5.35. The van der Waals surface area contributed by atoms with Gasteiger partial charge in [0.05, 0.1) is 0 Å². The zero-order valence-corrected chi connectivity index (χ0v) is 14.7. The third kappa shape index (κ3) is 3.97. The highest BCUT2D eigenvalue weighted by molar-refractivity contribution is 5.94. The van der Waals surface area contributed by atoms with Gasteiger partial charge >= 0.3 is 0 Å². The van der Waals surface area contributed by atoms with Crippen LogP contribution in [-0.4, -0.2) is 47.8 Å². The summed E-state index contributed by atoms with van der Waals surface area (Å²) in [5.41, 5.74) is 1.91. The molecule has 2 saturated heterocycles. The second-order valence-electron chi connectivity index (χ2n) is 7.17. The number of aryl methyl sites for hydroxylation is 1. The van der Waals surface area contributed by atoms with Crippen LogP contribution in [0.5, 0.6) is 0 Å². The predicted octanol–water partition coefficient (Wildman–Crippen LogP) is 3.25. The highest BCUT2D eigenvalue weighted by Crippen LogP contribution is 2.23. The van der Waals surface area contributed by atoms with Gasteiger partial charge in [-0.2, -0.15) is 0 Å². The van der Waals surface area contributed by atoms with Crippen LogP contribution in [0.4, 0.5) is 0 Å². The average Bonchev–Trinajstić information content (AvgIpc) is 2.91. The van der Waals surface area contributed by atoms with Gasteiger partial charge in [-0.3, -0.25) is 9.59 Å². The molecule has 24 heavy (non-hydrogen) atoms. The lowest BCUT2D eigenvalue weighted by molar-refractivity contribution is -0.136. The van der Waals surface area contributed by atoms with E-state index in [0.717, 1.165) is 49.9 Å². The van der Waals surface area contributed by atoms with Crippen molar-refractivity contribution in [1.29, 1.82) is 0 Å². The van der Waals surface area contributed by atoms with E-state index in [1.165, 1.54) is 12.8 Å². The summed E-state index contributed by atoms with van der Waals surface area (Å²) in [7, 11) is 0. The number of carbonyl (C=O) groups is 2. The molecule has 0 saturated carbocycles. The lowest BCUT2D eigenvalue weighted by Crippen LogP contribution is -2.44. The van der Waals surface area contributed by atoms with E-state index in [2.05, 4.69) is 4.90 Å². The molecule has 0 spiro atoms. The molecule has 2 aliphatic heterocycles. The Hall–Kier alpha value is -1.84. The minimum absolute atomic E-state index is 0.0932. The number of amides is 2. The van der Waals surface area contributed by atoms with Crippen molar-refractivity contribution in [2.75, 3.05) is 26.2 Å². The molecule has 0 radical (unpaired) electrons. The molecule has 1 aromatic rings. The van der Waals surface area contributed by atoms with Crippen molar-refractivity contribution in [2.24, 2.45) is 5.92 Å². The summed E-state index contributed by atoms with van der Waals surface area (Å²) in [6.07, 6.45) is 6.35. The quantitative estimate of drug-likeness (QED) is 0.836. The maximum atomic E-state index is 12.7. The first kappa shape index (κ1) is 17.0. The van der Waals surface area contributed by atoms with Crippen molar-refractivity contribution in [3.63, 3.8) is 0 Å². The number of benzene rings is 1. The molecule has 4 nitrogen and oxygen atoms in total. The molecular formula is C20H28N2O2. The van der Waals surface area contributed by atoms with E-state index < -0.39 is 0 Å². The van der Waals surface area contributed by atoms with Crippen LogP contribution in [0.15, 0.2) is 24.3 Å². The summed E-state index contributed by atoms with van der Waals surface area (Å²) < 4.78 is 0. The van der Waals surface area contributed by atoms with Crippen molar-refractivity contribution in [1.82, 2.24) is 9.80 Å². The van der Waals surface area contributed by atoms with Crippen molar-refractivity contribution in [2.45, 2.75) is 45.4 Å². The van der Waals surface area contributed by atoms with Crippen LogP contribution in [0.25, 0.3) is 0 Å². The normalized spacial score (nSPS) is 19.9. The Balaban J connectivity index is 1.54. The van der Waals surface area contributed by atoms with Gasteiger partial charge in [-0.1, -0.05) is 30.5 Å². The molecule has 2 fully saturated rings. The molecule has 2 heterocycles. The summed E-state index contributed by atoms with van der Waals surface area (Å²) in [4.78, 5) is 29.2. The maximum absolute atomic E-state index is 12.7. The van der Waals surface area contributed by atoms with Crippen LogP contribution in [0.1, 0.15) is 54.4 Å². The Morgan fingerprint density at radius 3 is 2.00 bits per heavy atom. The molecular weight excluding hydrogens is 300 g/mol. The van der Waals surface area contributed by atoms with Crippen LogP contribution in [0.2, 0.25) is 0 Å². The Morgan fingerprint density at radius 2 is 1.42 bits per heavy atom. The zero-order chi connectivity index (χ0) is 16.9. The molecule has 2 aliphatic rings. The second kappa shape index (κ2) is 7.82. The summed E-state index contributed by atoms with van der Waals surface area (Å²) in [6, 6.07) is 7.74. The van der Waals surface area contributed by atoms with E-state index in [9.17, 15) is 9.59 Å². The largest absolute Gasteiger partial charge is 0.342 e. The maximum Gasteiger partial charge on any atom is 0.253 e. The Bertz CT molecular complexity index is 566. The van der Waals surface area contributed by atoms with Crippen LogP contribution in [0, 0.1) is 12.8 Å². The summed E-state index contributed by atoms with van der Waals surface area (Å²) >= 11 is 0. The zero-order valence-electron chi connectivity index (χ0n) is 14.7. The second-order valence-corrected chi connectivity index (χ2v) is 7.17. The number of hydrogen-bond donors (Lipinski definition) is 0. The summed E-state index contributed by atoms with van der Waals surface area (Å²) in [6.45, 7) is 5.24. The predicted molar refractivity (Wildman–Crippen MR) is 94.9 cm³/mol. The Morgan fingerprint density at radius 1 is 0.833 bits per heavy atom.